The molecule has 0 radical (unpaired) electrons. The van der Waals surface area contributed by atoms with E-state index in [9.17, 15) is 9.59 Å². The first-order chi connectivity index (χ1) is 24.1. The van der Waals surface area contributed by atoms with E-state index in [4.69, 9.17) is 16.6 Å². The Kier molecular flexibility index (Phi) is 13.7. The molecular formula is C41H54ClN7O2. The van der Waals surface area contributed by atoms with Crippen LogP contribution in [-0.2, 0) is 35.3 Å². The summed E-state index contributed by atoms with van der Waals surface area (Å²) in [5.41, 5.74) is 9.08. The molecule has 6 rings (SSSR count). The molecule has 0 saturated carbocycles. The van der Waals surface area contributed by atoms with E-state index in [2.05, 4.69) is 31.7 Å². The first-order valence-corrected chi connectivity index (χ1v) is 18.4. The maximum absolute atomic E-state index is 12.3. The van der Waals surface area contributed by atoms with E-state index in [0.29, 0.717) is 13.0 Å². The van der Waals surface area contributed by atoms with E-state index >= 15 is 0 Å². The fraction of sp³-hybridized carbons (Fsp3) is 0.463. The Morgan fingerprint density at radius 2 is 1.24 bits per heavy atom. The molecule has 10 heteroatoms. The second kappa shape index (κ2) is 17.7. The molecule has 2 N–H and O–H groups in total. The maximum atomic E-state index is 12.3. The zero-order valence-corrected chi connectivity index (χ0v) is 32.3. The highest BCUT2D eigenvalue weighted by atomic mass is 35.5. The largest absolute Gasteiger partial charge is 0.365 e. The number of aromatic nitrogens is 4. The second-order valence-corrected chi connectivity index (χ2v) is 15.6. The summed E-state index contributed by atoms with van der Waals surface area (Å²) in [6.07, 6.45) is 11.5. The van der Waals surface area contributed by atoms with Gasteiger partial charge in [-0.1, -0.05) is 30.7 Å². The van der Waals surface area contributed by atoms with Crippen molar-refractivity contribution in [2.75, 3.05) is 18.5 Å². The lowest BCUT2D eigenvalue weighted by Gasteiger charge is -2.26. The third-order valence-corrected chi connectivity index (χ3v) is 8.51. The molecule has 0 aromatic carbocycles. The van der Waals surface area contributed by atoms with Crippen LogP contribution in [0.1, 0.15) is 96.7 Å². The lowest BCUT2D eigenvalue weighted by molar-refractivity contribution is -0.122. The zero-order chi connectivity index (χ0) is 37.2. The monoisotopic (exact) mass is 711 g/mol. The van der Waals surface area contributed by atoms with Crippen molar-refractivity contribution < 1.29 is 9.59 Å². The van der Waals surface area contributed by atoms with Gasteiger partial charge in [0.05, 0.1) is 29.3 Å². The topological polar surface area (TPSA) is 113 Å². The SMILES string of the molecule is CCCC(=O)NC(C)(C)C.CN(CC(=O)NC(C)(C)C)c1cc(-c2ccccn2)nc2c1CCC2.Clc1cc(-c2ccccn2)nc2c1CCC2. The van der Waals surface area contributed by atoms with E-state index in [0.717, 1.165) is 89.8 Å². The molecule has 2 amide bonds. The quantitative estimate of drug-likeness (QED) is 0.200. The number of pyridine rings is 4. The molecule has 0 fully saturated rings. The van der Waals surface area contributed by atoms with Crippen LogP contribution in [0.15, 0.2) is 60.9 Å². The van der Waals surface area contributed by atoms with E-state index in [1.165, 1.54) is 11.1 Å². The van der Waals surface area contributed by atoms with E-state index in [1.54, 1.807) is 12.4 Å². The highest BCUT2D eigenvalue weighted by molar-refractivity contribution is 6.31. The van der Waals surface area contributed by atoms with Gasteiger partial charge in [-0.05, 0) is 134 Å². The Labute approximate surface area is 309 Å². The average Bonchev–Trinajstić information content (AvgIpc) is 3.74. The van der Waals surface area contributed by atoms with Crippen molar-refractivity contribution in [2.45, 2.75) is 111 Å². The first-order valence-electron chi connectivity index (χ1n) is 18.0. The molecule has 0 atom stereocenters. The Bertz CT molecular complexity index is 1770. The summed E-state index contributed by atoms with van der Waals surface area (Å²) >= 11 is 6.26. The van der Waals surface area contributed by atoms with Gasteiger partial charge in [0.1, 0.15) is 0 Å². The molecule has 4 aromatic rings. The number of aryl methyl sites for hydroxylation is 2. The van der Waals surface area contributed by atoms with Gasteiger partial charge in [-0.25, -0.2) is 0 Å². The van der Waals surface area contributed by atoms with Gasteiger partial charge in [0.15, 0.2) is 0 Å². The third-order valence-electron chi connectivity index (χ3n) is 8.18. The smallest absolute Gasteiger partial charge is 0.239 e. The Morgan fingerprint density at radius 1 is 0.725 bits per heavy atom. The van der Waals surface area contributed by atoms with E-state index in [1.807, 2.05) is 103 Å². The van der Waals surface area contributed by atoms with E-state index < -0.39 is 0 Å². The van der Waals surface area contributed by atoms with Crippen LogP contribution in [0.25, 0.3) is 22.8 Å². The number of hydrogen-bond donors (Lipinski definition) is 2. The predicted molar refractivity (Wildman–Crippen MR) is 208 cm³/mol. The maximum Gasteiger partial charge on any atom is 0.239 e. The van der Waals surface area contributed by atoms with Gasteiger partial charge in [0.2, 0.25) is 11.8 Å². The van der Waals surface area contributed by atoms with Crippen LogP contribution in [0.3, 0.4) is 0 Å². The molecule has 51 heavy (non-hydrogen) atoms. The van der Waals surface area contributed by atoms with Crippen molar-refractivity contribution in [1.29, 1.82) is 0 Å². The number of likely N-dealkylation sites (N-methyl/N-ethyl adjacent to an activating group) is 1. The fourth-order valence-corrected chi connectivity index (χ4v) is 6.42. The van der Waals surface area contributed by atoms with Crippen LogP contribution in [-0.4, -0.2) is 56.4 Å². The van der Waals surface area contributed by atoms with Crippen molar-refractivity contribution in [3.63, 3.8) is 0 Å². The molecule has 2 aliphatic rings. The predicted octanol–water partition coefficient (Wildman–Crippen LogP) is 7.97. The standard InChI is InChI=1S/C20H26N4O.C13H11ClN2.C8H17NO/c1-20(2,3)23-19(25)13-24(4)18-12-17(16-9-5-6-11-21-16)22-15-10-7-8-14(15)18;14-10-8-13(12-5-1-2-7-15-12)16-11-6-3-4-9(10)11;1-5-6-7(10)9-8(2,3)4/h5-6,9,11-12H,7-8,10,13H2,1-4H3,(H,23,25);1-2,5,7-8H,3-4,6H2;5-6H2,1-4H3,(H,9,10). The molecule has 2 aliphatic carbocycles. The van der Waals surface area contributed by atoms with E-state index in [-0.39, 0.29) is 22.9 Å². The number of nitrogens with zero attached hydrogens (tertiary/aromatic N) is 5. The second-order valence-electron chi connectivity index (χ2n) is 15.2. The molecule has 9 nitrogen and oxygen atoms in total. The molecule has 0 bridgehead atoms. The van der Waals surface area contributed by atoms with Crippen molar-refractivity contribution in [2.24, 2.45) is 0 Å². The summed E-state index contributed by atoms with van der Waals surface area (Å²) in [4.78, 5) is 43.5. The summed E-state index contributed by atoms with van der Waals surface area (Å²) < 4.78 is 0. The van der Waals surface area contributed by atoms with Crippen LogP contribution in [0, 0.1) is 0 Å². The molecule has 0 aliphatic heterocycles. The molecule has 0 saturated heterocycles. The normalized spacial score (nSPS) is 13.1. The number of halogens is 1. The number of hydrogen-bond acceptors (Lipinski definition) is 7. The zero-order valence-electron chi connectivity index (χ0n) is 31.6. The Balaban J connectivity index is 0.000000191. The number of amides is 2. The molecule has 272 valence electrons. The summed E-state index contributed by atoms with van der Waals surface area (Å²) in [5, 5.41) is 6.74. The molecule has 0 spiro atoms. The highest BCUT2D eigenvalue weighted by Crippen LogP contribution is 2.33. The highest BCUT2D eigenvalue weighted by Gasteiger charge is 2.23. The third kappa shape index (κ3) is 12.1. The Hall–Kier alpha value is -4.37. The van der Waals surface area contributed by atoms with Crippen LogP contribution >= 0.6 is 11.6 Å². The minimum Gasteiger partial charge on any atom is -0.365 e. The summed E-state index contributed by atoms with van der Waals surface area (Å²) in [7, 11) is 1.97. The van der Waals surface area contributed by atoms with Crippen LogP contribution < -0.4 is 15.5 Å². The molecular weight excluding hydrogens is 658 g/mol. The van der Waals surface area contributed by atoms with Crippen LogP contribution in [0.5, 0.6) is 0 Å². The summed E-state index contributed by atoms with van der Waals surface area (Å²) in [6, 6.07) is 15.7. The van der Waals surface area contributed by atoms with Crippen molar-refractivity contribution in [1.82, 2.24) is 30.6 Å². The lowest BCUT2D eigenvalue weighted by Crippen LogP contribution is -2.45. The molecule has 4 aromatic heterocycles. The number of nitrogens with one attached hydrogen (secondary N) is 2. The lowest BCUT2D eigenvalue weighted by atomic mass is 10.1. The first kappa shape index (κ1) is 39.4. The average molecular weight is 712 g/mol. The van der Waals surface area contributed by atoms with Crippen LogP contribution in [0.2, 0.25) is 5.02 Å². The van der Waals surface area contributed by atoms with Gasteiger partial charge in [-0.3, -0.25) is 29.5 Å². The van der Waals surface area contributed by atoms with Crippen molar-refractivity contribution in [3.05, 3.63) is 88.5 Å². The fourth-order valence-electron chi connectivity index (χ4n) is 6.11. The molecule has 4 heterocycles. The number of carbonyl (C=O) groups excluding carboxylic acids is 2. The number of carbonyl (C=O) groups is 2. The minimum absolute atomic E-state index is 0.0259. The number of rotatable bonds is 7. The number of fused-ring (bicyclic) bond motifs is 2. The van der Waals surface area contributed by atoms with Gasteiger partial charge in [0, 0.05) is 59.0 Å². The van der Waals surface area contributed by atoms with Gasteiger partial charge in [-0.15, -0.1) is 0 Å². The van der Waals surface area contributed by atoms with Crippen molar-refractivity contribution in [3.8, 4) is 22.8 Å². The number of anilines is 1. The van der Waals surface area contributed by atoms with Gasteiger partial charge >= 0.3 is 0 Å². The Morgan fingerprint density at radius 3 is 1.75 bits per heavy atom. The molecule has 0 unspecified atom stereocenters. The summed E-state index contributed by atoms with van der Waals surface area (Å²) in [5.74, 6) is 0.174. The van der Waals surface area contributed by atoms with Gasteiger partial charge in [-0.2, -0.15) is 0 Å². The van der Waals surface area contributed by atoms with Gasteiger partial charge in [0.25, 0.3) is 0 Å². The van der Waals surface area contributed by atoms with Gasteiger partial charge < -0.3 is 15.5 Å². The van der Waals surface area contributed by atoms with Crippen molar-refractivity contribution >= 4 is 29.1 Å². The minimum atomic E-state index is -0.225. The van der Waals surface area contributed by atoms with Crippen LogP contribution in [0.4, 0.5) is 5.69 Å². The summed E-state index contributed by atoms with van der Waals surface area (Å²) in [6.45, 7) is 14.3.